The van der Waals surface area contributed by atoms with E-state index >= 15 is 0 Å². The third-order valence-electron chi connectivity index (χ3n) is 4.11. The normalized spacial score (nSPS) is 20.2. The van der Waals surface area contributed by atoms with Crippen LogP contribution in [-0.2, 0) is 0 Å². The van der Waals surface area contributed by atoms with E-state index in [9.17, 15) is 0 Å². The van der Waals surface area contributed by atoms with Crippen molar-refractivity contribution < 1.29 is 0 Å². The Morgan fingerprint density at radius 2 is 1.69 bits per heavy atom. The van der Waals surface area contributed by atoms with Gasteiger partial charge in [0.1, 0.15) is 0 Å². The van der Waals surface area contributed by atoms with Crippen LogP contribution in [0.2, 0.25) is 0 Å². The molecule has 96 valence electrons. The molecule has 0 aromatic rings. The van der Waals surface area contributed by atoms with Gasteiger partial charge in [0.15, 0.2) is 0 Å². The molecule has 0 bridgehead atoms. The van der Waals surface area contributed by atoms with E-state index in [4.69, 9.17) is 5.73 Å². The van der Waals surface area contributed by atoms with E-state index in [1.807, 2.05) is 0 Å². The van der Waals surface area contributed by atoms with Crippen molar-refractivity contribution in [2.24, 2.45) is 5.73 Å². The number of hydrogen-bond donors (Lipinski definition) is 1. The number of nitrogens with zero attached hydrogens (tertiary/aromatic N) is 1. The first-order chi connectivity index (χ1) is 7.79. The number of hydrogen-bond acceptors (Lipinski definition) is 2. The van der Waals surface area contributed by atoms with Crippen LogP contribution in [0.25, 0.3) is 0 Å². The van der Waals surface area contributed by atoms with Crippen molar-refractivity contribution in [3.05, 3.63) is 0 Å². The molecule has 0 aromatic heterocycles. The second-order valence-electron chi connectivity index (χ2n) is 5.33. The fourth-order valence-electron chi connectivity index (χ4n) is 3.06. The van der Waals surface area contributed by atoms with Gasteiger partial charge in [0.2, 0.25) is 0 Å². The minimum absolute atomic E-state index is 0.351. The summed E-state index contributed by atoms with van der Waals surface area (Å²) in [5.41, 5.74) is 6.45. The Labute approximate surface area is 102 Å². The Morgan fingerprint density at radius 3 is 2.19 bits per heavy atom. The van der Waals surface area contributed by atoms with Gasteiger partial charge in [0, 0.05) is 12.1 Å². The lowest BCUT2D eigenvalue weighted by Crippen LogP contribution is -2.55. The molecule has 0 saturated heterocycles. The highest BCUT2D eigenvalue weighted by Gasteiger charge is 2.35. The van der Waals surface area contributed by atoms with Gasteiger partial charge in [0.05, 0.1) is 0 Å². The molecular formula is C14H30N2. The van der Waals surface area contributed by atoms with Gasteiger partial charge in [0.25, 0.3) is 0 Å². The average molecular weight is 226 g/mol. The maximum Gasteiger partial charge on any atom is 0.0331 e. The zero-order valence-electron chi connectivity index (χ0n) is 11.3. The third-order valence-corrected chi connectivity index (χ3v) is 4.11. The van der Waals surface area contributed by atoms with E-state index in [0.29, 0.717) is 5.54 Å². The largest absolute Gasteiger partial charge is 0.329 e. The Morgan fingerprint density at radius 1 is 1.00 bits per heavy atom. The molecule has 1 aliphatic rings. The van der Waals surface area contributed by atoms with E-state index in [-0.39, 0.29) is 0 Å². The van der Waals surface area contributed by atoms with Gasteiger partial charge in [-0.25, -0.2) is 0 Å². The molecule has 1 fully saturated rings. The first kappa shape index (κ1) is 14.0. The van der Waals surface area contributed by atoms with Crippen LogP contribution in [0.5, 0.6) is 0 Å². The molecule has 2 nitrogen and oxygen atoms in total. The fourth-order valence-corrected chi connectivity index (χ4v) is 3.06. The second kappa shape index (κ2) is 7.29. The van der Waals surface area contributed by atoms with E-state index < -0.39 is 0 Å². The first-order valence-electron chi connectivity index (χ1n) is 7.24. The van der Waals surface area contributed by atoms with Crippen LogP contribution in [0.1, 0.15) is 65.2 Å². The standard InChI is InChI=1S/C14H30N2/c1-3-5-12-16(11-4-2)14(13-15)9-7-6-8-10-14/h3-13,15H2,1-2H3. The van der Waals surface area contributed by atoms with E-state index in [1.165, 1.54) is 64.5 Å². The molecule has 1 aliphatic carbocycles. The van der Waals surface area contributed by atoms with Crippen LogP contribution in [0.4, 0.5) is 0 Å². The molecule has 0 spiro atoms. The van der Waals surface area contributed by atoms with Gasteiger partial charge in [-0.2, -0.15) is 0 Å². The van der Waals surface area contributed by atoms with Gasteiger partial charge in [-0.1, -0.05) is 39.5 Å². The van der Waals surface area contributed by atoms with E-state index in [1.54, 1.807) is 0 Å². The zero-order chi connectivity index (χ0) is 11.9. The lowest BCUT2D eigenvalue weighted by atomic mass is 9.80. The van der Waals surface area contributed by atoms with Crippen molar-refractivity contribution in [3.63, 3.8) is 0 Å². The highest BCUT2D eigenvalue weighted by molar-refractivity contribution is 4.94. The zero-order valence-corrected chi connectivity index (χ0v) is 11.3. The highest BCUT2D eigenvalue weighted by Crippen LogP contribution is 2.33. The molecule has 0 aliphatic heterocycles. The lowest BCUT2D eigenvalue weighted by molar-refractivity contribution is 0.0554. The van der Waals surface area contributed by atoms with Crippen molar-refractivity contribution in [3.8, 4) is 0 Å². The summed E-state index contributed by atoms with van der Waals surface area (Å²) in [5, 5.41) is 0. The van der Waals surface area contributed by atoms with Gasteiger partial charge in [-0.3, -0.25) is 4.90 Å². The maximum atomic E-state index is 6.10. The third kappa shape index (κ3) is 3.46. The quantitative estimate of drug-likeness (QED) is 0.722. The first-order valence-corrected chi connectivity index (χ1v) is 7.24. The molecular weight excluding hydrogens is 196 g/mol. The van der Waals surface area contributed by atoms with Crippen LogP contribution < -0.4 is 5.73 Å². The van der Waals surface area contributed by atoms with Crippen molar-refractivity contribution >= 4 is 0 Å². The summed E-state index contributed by atoms with van der Waals surface area (Å²) in [6.07, 6.45) is 10.7. The molecule has 1 saturated carbocycles. The van der Waals surface area contributed by atoms with Crippen LogP contribution >= 0.6 is 0 Å². The molecule has 0 radical (unpaired) electrons. The number of nitrogens with two attached hydrogens (primary N) is 1. The molecule has 0 heterocycles. The minimum atomic E-state index is 0.351. The molecule has 0 atom stereocenters. The van der Waals surface area contributed by atoms with Crippen molar-refractivity contribution in [2.75, 3.05) is 19.6 Å². The van der Waals surface area contributed by atoms with Crippen molar-refractivity contribution in [1.29, 1.82) is 0 Å². The summed E-state index contributed by atoms with van der Waals surface area (Å²) >= 11 is 0. The summed E-state index contributed by atoms with van der Waals surface area (Å²) in [4.78, 5) is 2.70. The molecule has 0 aromatic carbocycles. The highest BCUT2D eigenvalue weighted by atomic mass is 15.2. The van der Waals surface area contributed by atoms with Gasteiger partial charge in [-0.05, 0) is 38.8 Å². The Balaban J connectivity index is 2.62. The summed E-state index contributed by atoms with van der Waals surface area (Å²) < 4.78 is 0. The Kier molecular flexibility index (Phi) is 6.37. The fraction of sp³-hybridized carbons (Fsp3) is 1.00. The topological polar surface area (TPSA) is 29.3 Å². The van der Waals surface area contributed by atoms with Crippen molar-refractivity contribution in [1.82, 2.24) is 4.90 Å². The predicted octanol–water partition coefficient (Wildman–Crippen LogP) is 3.16. The molecule has 1 rings (SSSR count). The van der Waals surface area contributed by atoms with Crippen molar-refractivity contribution in [2.45, 2.75) is 70.8 Å². The van der Waals surface area contributed by atoms with Gasteiger partial charge >= 0.3 is 0 Å². The summed E-state index contributed by atoms with van der Waals surface area (Å²) in [6.45, 7) is 7.90. The van der Waals surface area contributed by atoms with E-state index in [0.717, 1.165) is 6.54 Å². The monoisotopic (exact) mass is 226 g/mol. The Hall–Kier alpha value is -0.0800. The van der Waals surface area contributed by atoms with Crippen LogP contribution in [0.15, 0.2) is 0 Å². The van der Waals surface area contributed by atoms with E-state index in [2.05, 4.69) is 18.7 Å². The van der Waals surface area contributed by atoms with Crippen LogP contribution in [-0.4, -0.2) is 30.1 Å². The summed E-state index contributed by atoms with van der Waals surface area (Å²) in [6, 6.07) is 0. The lowest BCUT2D eigenvalue weighted by Gasteiger charge is -2.46. The number of rotatable bonds is 7. The smallest absolute Gasteiger partial charge is 0.0331 e. The molecule has 0 amide bonds. The Bertz CT molecular complexity index is 174. The van der Waals surface area contributed by atoms with Crippen LogP contribution in [0, 0.1) is 0 Å². The van der Waals surface area contributed by atoms with Gasteiger partial charge in [-0.15, -0.1) is 0 Å². The van der Waals surface area contributed by atoms with Crippen LogP contribution in [0.3, 0.4) is 0 Å². The van der Waals surface area contributed by atoms with Gasteiger partial charge < -0.3 is 5.73 Å². The second-order valence-corrected chi connectivity index (χ2v) is 5.33. The maximum absolute atomic E-state index is 6.10. The molecule has 0 unspecified atom stereocenters. The molecule has 2 N–H and O–H groups in total. The predicted molar refractivity (Wildman–Crippen MR) is 71.6 cm³/mol. The summed E-state index contributed by atoms with van der Waals surface area (Å²) in [7, 11) is 0. The molecule has 16 heavy (non-hydrogen) atoms. The average Bonchev–Trinajstić information content (AvgIpc) is 2.35. The number of unbranched alkanes of at least 4 members (excludes halogenated alkanes) is 1. The molecule has 2 heteroatoms. The summed E-state index contributed by atoms with van der Waals surface area (Å²) in [5.74, 6) is 0. The minimum Gasteiger partial charge on any atom is -0.329 e. The SMILES string of the molecule is CCCCN(CCC)C1(CN)CCCCC1.